The Morgan fingerprint density at radius 1 is 1.04 bits per heavy atom. The van der Waals surface area contributed by atoms with Gasteiger partial charge in [0, 0.05) is 37.3 Å². The molecule has 0 spiro atoms. The molecule has 28 heavy (non-hydrogen) atoms. The zero-order valence-electron chi connectivity index (χ0n) is 15.6. The van der Waals surface area contributed by atoms with Crippen LogP contribution in [0.1, 0.15) is 5.56 Å². The molecule has 0 atom stereocenters. The zero-order chi connectivity index (χ0) is 19.5. The summed E-state index contributed by atoms with van der Waals surface area (Å²) in [4.78, 5) is 25.2. The summed E-state index contributed by atoms with van der Waals surface area (Å²) < 4.78 is 14.2. The molecule has 0 amide bonds. The fraction of sp³-hybridized carbons (Fsp3) is 0.200. The Morgan fingerprint density at radius 3 is 2.68 bits per heavy atom. The van der Waals surface area contributed by atoms with Gasteiger partial charge in [-0.15, -0.1) is 0 Å². The quantitative estimate of drug-likeness (QED) is 0.512. The number of methoxy groups -OCH3 is 2. The summed E-state index contributed by atoms with van der Waals surface area (Å²) in [5, 5.41) is 0. The van der Waals surface area contributed by atoms with Crippen molar-refractivity contribution >= 4 is 5.78 Å². The first-order valence-electron chi connectivity index (χ1n) is 8.75. The summed E-state index contributed by atoms with van der Waals surface area (Å²) in [6.07, 6.45) is 7.35. The van der Waals surface area contributed by atoms with Gasteiger partial charge in [0.05, 0.1) is 25.6 Å². The highest BCUT2D eigenvalue weighted by Gasteiger charge is 2.11. The highest BCUT2D eigenvalue weighted by Crippen LogP contribution is 2.25. The molecule has 0 unspecified atom stereocenters. The molecular formula is C20H19N5O3. The van der Waals surface area contributed by atoms with Crippen molar-refractivity contribution in [2.24, 2.45) is 0 Å². The van der Waals surface area contributed by atoms with Crippen molar-refractivity contribution in [2.45, 2.75) is 13.0 Å². The lowest BCUT2D eigenvalue weighted by Crippen LogP contribution is -2.14. The Bertz CT molecular complexity index is 1170. The van der Waals surface area contributed by atoms with Crippen LogP contribution in [0.15, 0.2) is 60.0 Å². The van der Waals surface area contributed by atoms with E-state index in [1.807, 2.05) is 29.0 Å². The summed E-state index contributed by atoms with van der Waals surface area (Å²) >= 11 is 0. The van der Waals surface area contributed by atoms with E-state index in [9.17, 15) is 4.79 Å². The molecule has 4 aromatic rings. The van der Waals surface area contributed by atoms with Crippen LogP contribution in [0.2, 0.25) is 0 Å². The van der Waals surface area contributed by atoms with Crippen molar-refractivity contribution < 1.29 is 9.47 Å². The molecule has 0 aliphatic heterocycles. The number of aryl methyl sites for hydroxylation is 2. The lowest BCUT2D eigenvalue weighted by Gasteiger charge is -2.11. The molecule has 0 aliphatic carbocycles. The molecule has 0 saturated heterocycles. The van der Waals surface area contributed by atoms with Gasteiger partial charge in [0.15, 0.2) is 0 Å². The largest absolute Gasteiger partial charge is 0.497 e. The van der Waals surface area contributed by atoms with Gasteiger partial charge in [0.25, 0.3) is 5.56 Å². The normalized spacial score (nSPS) is 10.9. The number of fused-ring (bicyclic) bond motifs is 1. The number of ether oxygens (including phenoxy) is 2. The van der Waals surface area contributed by atoms with Crippen LogP contribution in [-0.2, 0) is 13.0 Å². The number of hydrogen-bond donors (Lipinski definition) is 0. The SMILES string of the molecule is COc1ccc(CCn2ccn3c(=O)cc(-c4ccncn4)nc23)c(OC)c1. The third kappa shape index (κ3) is 3.32. The fourth-order valence-electron chi connectivity index (χ4n) is 3.08. The number of benzene rings is 1. The maximum absolute atomic E-state index is 12.5. The van der Waals surface area contributed by atoms with Crippen molar-refractivity contribution in [2.75, 3.05) is 14.2 Å². The van der Waals surface area contributed by atoms with Gasteiger partial charge in [-0.3, -0.25) is 9.20 Å². The second-order valence-corrected chi connectivity index (χ2v) is 6.16. The van der Waals surface area contributed by atoms with Gasteiger partial charge in [0.2, 0.25) is 5.78 Å². The van der Waals surface area contributed by atoms with Gasteiger partial charge in [-0.1, -0.05) is 6.07 Å². The van der Waals surface area contributed by atoms with Crippen LogP contribution in [0, 0.1) is 0 Å². The molecular weight excluding hydrogens is 358 g/mol. The van der Waals surface area contributed by atoms with Gasteiger partial charge in [-0.25, -0.2) is 15.0 Å². The summed E-state index contributed by atoms with van der Waals surface area (Å²) in [7, 11) is 3.26. The number of hydrogen-bond acceptors (Lipinski definition) is 6. The van der Waals surface area contributed by atoms with E-state index in [1.165, 1.54) is 16.8 Å². The van der Waals surface area contributed by atoms with Gasteiger partial charge in [-0.05, 0) is 24.1 Å². The van der Waals surface area contributed by atoms with Crippen molar-refractivity contribution in [1.29, 1.82) is 0 Å². The Labute approximate surface area is 161 Å². The smallest absolute Gasteiger partial charge is 0.259 e. The molecule has 3 heterocycles. The second kappa shape index (κ2) is 7.51. The van der Waals surface area contributed by atoms with E-state index in [2.05, 4.69) is 15.0 Å². The van der Waals surface area contributed by atoms with E-state index < -0.39 is 0 Å². The summed E-state index contributed by atoms with van der Waals surface area (Å²) in [5.74, 6) is 2.07. The lowest BCUT2D eigenvalue weighted by atomic mass is 10.1. The highest BCUT2D eigenvalue weighted by molar-refractivity contribution is 5.55. The monoisotopic (exact) mass is 377 g/mol. The van der Waals surface area contributed by atoms with Crippen LogP contribution in [0.25, 0.3) is 17.2 Å². The first-order valence-corrected chi connectivity index (χ1v) is 8.75. The van der Waals surface area contributed by atoms with Crippen LogP contribution >= 0.6 is 0 Å². The first-order chi connectivity index (χ1) is 13.7. The van der Waals surface area contributed by atoms with E-state index in [-0.39, 0.29) is 5.56 Å². The zero-order valence-corrected chi connectivity index (χ0v) is 15.6. The Kier molecular flexibility index (Phi) is 4.76. The molecule has 0 bridgehead atoms. The Balaban J connectivity index is 1.67. The van der Waals surface area contributed by atoms with E-state index in [1.54, 1.807) is 32.7 Å². The molecule has 0 fully saturated rings. The highest BCUT2D eigenvalue weighted by atomic mass is 16.5. The van der Waals surface area contributed by atoms with E-state index >= 15 is 0 Å². The summed E-state index contributed by atoms with van der Waals surface area (Å²) in [5.41, 5.74) is 2.03. The Hall–Kier alpha value is -3.68. The van der Waals surface area contributed by atoms with E-state index in [4.69, 9.17) is 9.47 Å². The number of aromatic nitrogens is 5. The van der Waals surface area contributed by atoms with Gasteiger partial charge >= 0.3 is 0 Å². The topological polar surface area (TPSA) is 83.5 Å². The average Bonchev–Trinajstić information content (AvgIpc) is 3.16. The Morgan fingerprint density at radius 2 is 1.93 bits per heavy atom. The summed E-state index contributed by atoms with van der Waals surface area (Å²) in [6.45, 7) is 0.638. The van der Waals surface area contributed by atoms with Crippen molar-refractivity contribution in [3.63, 3.8) is 0 Å². The third-order valence-electron chi connectivity index (χ3n) is 4.55. The van der Waals surface area contributed by atoms with Crippen LogP contribution in [-0.4, -0.2) is 38.1 Å². The second-order valence-electron chi connectivity index (χ2n) is 6.16. The standard InChI is InChI=1S/C20H19N5O3/c1-27-15-4-3-14(18(11-15)28-2)6-8-24-9-10-25-19(26)12-17(23-20(24)25)16-5-7-21-13-22-16/h3-5,7,9-13H,6,8H2,1-2H3. The number of rotatable bonds is 6. The van der Waals surface area contributed by atoms with E-state index in [0.29, 0.717) is 30.1 Å². The average molecular weight is 377 g/mol. The van der Waals surface area contributed by atoms with Crippen molar-refractivity contribution in [3.05, 3.63) is 71.2 Å². The lowest BCUT2D eigenvalue weighted by molar-refractivity contribution is 0.390. The van der Waals surface area contributed by atoms with Crippen LogP contribution in [0.3, 0.4) is 0 Å². The molecule has 3 aromatic heterocycles. The molecule has 8 nitrogen and oxygen atoms in total. The minimum Gasteiger partial charge on any atom is -0.497 e. The maximum atomic E-state index is 12.5. The predicted molar refractivity (Wildman–Crippen MR) is 104 cm³/mol. The molecule has 0 aliphatic rings. The molecule has 0 radical (unpaired) electrons. The molecule has 4 rings (SSSR count). The molecule has 0 N–H and O–H groups in total. The number of imidazole rings is 1. The summed E-state index contributed by atoms with van der Waals surface area (Å²) in [6, 6.07) is 8.95. The van der Waals surface area contributed by atoms with Crippen LogP contribution < -0.4 is 15.0 Å². The molecule has 1 aromatic carbocycles. The molecule has 142 valence electrons. The fourth-order valence-corrected chi connectivity index (χ4v) is 3.08. The first kappa shape index (κ1) is 17.7. The predicted octanol–water partition coefficient (Wildman–Crippen LogP) is 2.21. The third-order valence-corrected chi connectivity index (χ3v) is 4.55. The van der Waals surface area contributed by atoms with Crippen LogP contribution in [0.4, 0.5) is 0 Å². The van der Waals surface area contributed by atoms with Gasteiger partial charge in [0.1, 0.15) is 17.8 Å². The van der Waals surface area contributed by atoms with Crippen LogP contribution in [0.5, 0.6) is 11.5 Å². The minimum atomic E-state index is -0.153. The maximum Gasteiger partial charge on any atom is 0.259 e. The van der Waals surface area contributed by atoms with Gasteiger partial charge < -0.3 is 14.0 Å². The van der Waals surface area contributed by atoms with Crippen molar-refractivity contribution in [3.8, 4) is 22.9 Å². The molecule has 0 saturated carbocycles. The van der Waals surface area contributed by atoms with Gasteiger partial charge in [-0.2, -0.15) is 0 Å². The molecule has 8 heteroatoms. The van der Waals surface area contributed by atoms with E-state index in [0.717, 1.165) is 17.1 Å². The minimum absolute atomic E-state index is 0.153. The van der Waals surface area contributed by atoms with Crippen molar-refractivity contribution in [1.82, 2.24) is 23.9 Å². The number of nitrogens with zero attached hydrogens (tertiary/aromatic N) is 5.